The zero-order valence-corrected chi connectivity index (χ0v) is 13.5. The molecule has 3 aromatic carbocycles. The van der Waals surface area contributed by atoms with Crippen molar-refractivity contribution in [3.63, 3.8) is 0 Å². The number of benzene rings is 3. The van der Waals surface area contributed by atoms with Gasteiger partial charge in [0.05, 0.1) is 17.3 Å². The minimum atomic E-state index is -0.370. The third kappa shape index (κ3) is 2.73. The Labute approximate surface area is 147 Å². The summed E-state index contributed by atoms with van der Waals surface area (Å²) in [6, 6.07) is 16.9. The Kier molecular flexibility index (Phi) is 3.78. The summed E-state index contributed by atoms with van der Waals surface area (Å²) < 4.78 is 5.78. The van der Waals surface area contributed by atoms with E-state index in [0.717, 1.165) is 11.8 Å². The number of nitrogens with zero attached hydrogens (tertiary/aromatic N) is 1. The molecule has 0 aliphatic heterocycles. The number of hydrogen-bond donors (Lipinski definition) is 3. The van der Waals surface area contributed by atoms with Crippen LogP contribution in [0, 0.1) is 0 Å². The number of nitrogens with one attached hydrogen (secondary N) is 1. The van der Waals surface area contributed by atoms with Crippen LogP contribution >= 0.6 is 0 Å². The molecule has 0 aliphatic rings. The molecule has 0 fully saturated rings. The second-order valence-electron chi connectivity index (χ2n) is 5.73. The highest BCUT2D eigenvalue weighted by Gasteiger charge is 2.14. The molecule has 0 bridgehead atoms. The minimum absolute atomic E-state index is 0.0341. The molecular formula is C20H14N2O4. The molecule has 26 heavy (non-hydrogen) atoms. The fourth-order valence-electron chi connectivity index (χ4n) is 2.78. The third-order valence-electron chi connectivity index (χ3n) is 3.97. The standard InChI is InChI=1S/C20H14N2O4/c23-14-9-16(24)18-17(10-14)26-20-12(5-4-8-15(20)19(18)25)11-21-22-13-6-2-1-3-7-13/h1-11,22-24H/b21-11+. The van der Waals surface area contributed by atoms with E-state index >= 15 is 0 Å². The zero-order valence-electron chi connectivity index (χ0n) is 13.5. The van der Waals surface area contributed by atoms with Crippen LogP contribution in [0.5, 0.6) is 11.5 Å². The minimum Gasteiger partial charge on any atom is -0.508 e. The summed E-state index contributed by atoms with van der Waals surface area (Å²) in [6.45, 7) is 0. The number of rotatable bonds is 3. The van der Waals surface area contributed by atoms with Gasteiger partial charge < -0.3 is 14.6 Å². The number of anilines is 1. The quantitative estimate of drug-likeness (QED) is 0.298. The van der Waals surface area contributed by atoms with Crippen LogP contribution in [0.4, 0.5) is 5.69 Å². The van der Waals surface area contributed by atoms with Gasteiger partial charge in [0, 0.05) is 17.7 Å². The molecule has 3 N–H and O–H groups in total. The van der Waals surface area contributed by atoms with E-state index in [4.69, 9.17) is 4.42 Å². The first-order valence-electron chi connectivity index (χ1n) is 7.89. The van der Waals surface area contributed by atoms with Crippen LogP contribution in [0.15, 0.2) is 75.0 Å². The third-order valence-corrected chi connectivity index (χ3v) is 3.97. The summed E-state index contributed by atoms with van der Waals surface area (Å²) >= 11 is 0. The first kappa shape index (κ1) is 15.7. The van der Waals surface area contributed by atoms with E-state index < -0.39 is 0 Å². The van der Waals surface area contributed by atoms with Gasteiger partial charge in [0.25, 0.3) is 0 Å². The van der Waals surface area contributed by atoms with Gasteiger partial charge in [-0.1, -0.05) is 24.3 Å². The van der Waals surface area contributed by atoms with Gasteiger partial charge >= 0.3 is 0 Å². The normalized spacial score (nSPS) is 11.4. The SMILES string of the molecule is O=c1c2cccc(/C=N/Nc3ccccc3)c2oc2cc(O)cc(O)c12. The van der Waals surface area contributed by atoms with E-state index in [1.807, 2.05) is 30.3 Å². The summed E-state index contributed by atoms with van der Waals surface area (Å²) in [7, 11) is 0. The van der Waals surface area contributed by atoms with Crippen molar-refractivity contribution in [3.05, 3.63) is 76.5 Å². The molecule has 0 unspecified atom stereocenters. The molecular weight excluding hydrogens is 332 g/mol. The number of aromatic hydroxyl groups is 2. The first-order chi connectivity index (χ1) is 12.6. The zero-order chi connectivity index (χ0) is 18.1. The fraction of sp³-hybridized carbons (Fsp3) is 0. The van der Waals surface area contributed by atoms with Gasteiger partial charge in [0.1, 0.15) is 28.1 Å². The lowest BCUT2D eigenvalue weighted by Crippen LogP contribution is -2.04. The Hall–Kier alpha value is -3.80. The van der Waals surface area contributed by atoms with Gasteiger partial charge in [0.2, 0.25) is 5.43 Å². The lowest BCUT2D eigenvalue weighted by molar-refractivity contribution is 0.453. The van der Waals surface area contributed by atoms with Crippen molar-refractivity contribution in [2.75, 3.05) is 5.43 Å². The molecule has 0 amide bonds. The number of para-hydroxylation sites is 2. The van der Waals surface area contributed by atoms with Crippen LogP contribution < -0.4 is 10.9 Å². The van der Waals surface area contributed by atoms with E-state index in [-0.39, 0.29) is 27.9 Å². The molecule has 1 heterocycles. The van der Waals surface area contributed by atoms with E-state index in [1.54, 1.807) is 24.4 Å². The maximum Gasteiger partial charge on any atom is 0.204 e. The Morgan fingerprint density at radius 1 is 1.00 bits per heavy atom. The molecule has 0 aliphatic carbocycles. The number of fused-ring (bicyclic) bond motifs is 2. The number of hydrogen-bond acceptors (Lipinski definition) is 6. The molecule has 6 nitrogen and oxygen atoms in total. The van der Waals surface area contributed by atoms with Crippen molar-refractivity contribution >= 4 is 33.8 Å². The summed E-state index contributed by atoms with van der Waals surface area (Å²) in [5, 5.41) is 24.2. The molecule has 128 valence electrons. The van der Waals surface area contributed by atoms with E-state index in [9.17, 15) is 15.0 Å². The average molecular weight is 346 g/mol. The Balaban J connectivity index is 1.84. The Morgan fingerprint density at radius 2 is 1.81 bits per heavy atom. The maximum absolute atomic E-state index is 12.7. The summed E-state index contributed by atoms with van der Waals surface area (Å²) in [6.07, 6.45) is 1.55. The van der Waals surface area contributed by atoms with Gasteiger partial charge in [-0.2, -0.15) is 5.10 Å². The highest BCUT2D eigenvalue weighted by Crippen LogP contribution is 2.30. The van der Waals surface area contributed by atoms with Gasteiger partial charge in [-0.3, -0.25) is 10.2 Å². The van der Waals surface area contributed by atoms with Gasteiger partial charge in [-0.15, -0.1) is 0 Å². The smallest absolute Gasteiger partial charge is 0.204 e. The molecule has 6 heteroatoms. The Bertz CT molecular complexity index is 1200. The maximum atomic E-state index is 12.7. The Morgan fingerprint density at radius 3 is 2.62 bits per heavy atom. The second-order valence-corrected chi connectivity index (χ2v) is 5.73. The highest BCUT2D eigenvalue weighted by molar-refractivity contribution is 6.01. The van der Waals surface area contributed by atoms with Crippen LogP contribution in [-0.4, -0.2) is 16.4 Å². The largest absolute Gasteiger partial charge is 0.508 e. The van der Waals surface area contributed by atoms with E-state index in [2.05, 4.69) is 10.5 Å². The molecule has 1 aromatic heterocycles. The van der Waals surface area contributed by atoms with E-state index in [1.165, 1.54) is 6.07 Å². The van der Waals surface area contributed by atoms with Crippen molar-refractivity contribution < 1.29 is 14.6 Å². The van der Waals surface area contributed by atoms with Crippen molar-refractivity contribution in [1.82, 2.24) is 0 Å². The molecule has 4 rings (SSSR count). The number of hydrazone groups is 1. The summed E-state index contributed by atoms with van der Waals surface area (Å²) in [5.74, 6) is -0.505. The van der Waals surface area contributed by atoms with E-state index in [0.29, 0.717) is 16.5 Å². The number of phenols is 2. The first-order valence-corrected chi connectivity index (χ1v) is 7.89. The van der Waals surface area contributed by atoms with Crippen molar-refractivity contribution in [2.24, 2.45) is 5.10 Å². The van der Waals surface area contributed by atoms with Crippen molar-refractivity contribution in [1.29, 1.82) is 0 Å². The van der Waals surface area contributed by atoms with Gasteiger partial charge in [0.15, 0.2) is 0 Å². The van der Waals surface area contributed by atoms with Crippen molar-refractivity contribution in [3.8, 4) is 11.5 Å². The predicted octanol–water partition coefficient (Wildman–Crippen LogP) is 3.80. The van der Waals surface area contributed by atoms with Crippen molar-refractivity contribution in [2.45, 2.75) is 0 Å². The molecule has 0 saturated carbocycles. The molecule has 0 radical (unpaired) electrons. The van der Waals surface area contributed by atoms with Crippen LogP contribution in [0.25, 0.3) is 21.9 Å². The molecule has 0 atom stereocenters. The predicted molar refractivity (Wildman–Crippen MR) is 101 cm³/mol. The molecule has 4 aromatic rings. The second kappa shape index (κ2) is 6.25. The lowest BCUT2D eigenvalue weighted by atomic mass is 10.1. The van der Waals surface area contributed by atoms with Crippen LogP contribution in [0.2, 0.25) is 0 Å². The van der Waals surface area contributed by atoms with Crippen LogP contribution in [-0.2, 0) is 0 Å². The highest BCUT2D eigenvalue weighted by atomic mass is 16.3. The van der Waals surface area contributed by atoms with Crippen LogP contribution in [0.3, 0.4) is 0 Å². The lowest BCUT2D eigenvalue weighted by Gasteiger charge is -2.06. The average Bonchev–Trinajstić information content (AvgIpc) is 2.62. The topological polar surface area (TPSA) is 95.1 Å². The van der Waals surface area contributed by atoms with Gasteiger partial charge in [-0.25, -0.2) is 0 Å². The summed E-state index contributed by atoms with van der Waals surface area (Å²) in [5.41, 5.74) is 4.38. The summed E-state index contributed by atoms with van der Waals surface area (Å²) in [4.78, 5) is 12.7. The fourth-order valence-corrected chi connectivity index (χ4v) is 2.78. The molecule has 0 saturated heterocycles. The monoisotopic (exact) mass is 346 g/mol. The molecule has 0 spiro atoms. The van der Waals surface area contributed by atoms with Crippen LogP contribution in [0.1, 0.15) is 5.56 Å². The van der Waals surface area contributed by atoms with Gasteiger partial charge in [-0.05, 0) is 24.3 Å². The number of phenolic OH excluding ortho intramolecular Hbond substituents is 2.